The fourth-order valence-corrected chi connectivity index (χ4v) is 2.39. The summed E-state index contributed by atoms with van der Waals surface area (Å²) in [6, 6.07) is 2.59. The molecule has 1 aliphatic rings. The summed E-state index contributed by atoms with van der Waals surface area (Å²) in [5, 5.41) is 0. The molecule has 0 radical (unpaired) electrons. The van der Waals surface area contributed by atoms with Crippen LogP contribution in [0.5, 0.6) is 0 Å². The van der Waals surface area contributed by atoms with Crippen LogP contribution in [0.25, 0.3) is 0 Å². The third-order valence-corrected chi connectivity index (χ3v) is 3.40. The maximum atomic E-state index is 4.34. The molecule has 2 heterocycles. The van der Waals surface area contributed by atoms with Crippen molar-refractivity contribution in [3.05, 3.63) is 17.0 Å². The van der Waals surface area contributed by atoms with Crippen LogP contribution in [0.3, 0.4) is 0 Å². The minimum Gasteiger partial charge on any atom is -0.354 e. The van der Waals surface area contributed by atoms with E-state index in [1.165, 1.54) is 25.7 Å². The Morgan fingerprint density at radius 2 is 2.20 bits per heavy atom. The van der Waals surface area contributed by atoms with Crippen LogP contribution < -0.4 is 4.90 Å². The van der Waals surface area contributed by atoms with Gasteiger partial charge in [0, 0.05) is 18.7 Å². The third-order valence-electron chi connectivity index (χ3n) is 2.97. The fourth-order valence-electron chi connectivity index (χ4n) is 2.10. The first-order valence-corrected chi connectivity index (χ1v) is 6.31. The highest BCUT2D eigenvalue weighted by atomic mass is 79.9. The summed E-state index contributed by atoms with van der Waals surface area (Å²) in [4.78, 5) is 10.8. The van der Waals surface area contributed by atoms with Crippen LogP contribution in [0.4, 0.5) is 5.82 Å². The number of aromatic nitrogens is 2. The first-order chi connectivity index (χ1) is 7.27. The summed E-state index contributed by atoms with van der Waals surface area (Å²) in [6.07, 6.45) is 6.83. The molecule has 1 fully saturated rings. The van der Waals surface area contributed by atoms with Gasteiger partial charge in [-0.25, -0.2) is 9.97 Å². The number of rotatable bonds is 1. The lowest BCUT2D eigenvalue weighted by molar-refractivity contribution is 0.610. The Bertz CT molecular complexity index is 329. The fraction of sp³-hybridized carbons (Fsp3) is 0.636. The van der Waals surface area contributed by atoms with E-state index in [9.17, 15) is 0 Å². The Balaban J connectivity index is 2.20. The second kappa shape index (κ2) is 4.92. The van der Waals surface area contributed by atoms with Gasteiger partial charge in [0.2, 0.25) is 0 Å². The molecule has 0 amide bonds. The van der Waals surface area contributed by atoms with E-state index in [-0.39, 0.29) is 0 Å². The lowest BCUT2D eigenvalue weighted by atomic mass is 10.1. The molecule has 3 nitrogen and oxygen atoms in total. The van der Waals surface area contributed by atoms with Gasteiger partial charge in [-0.15, -0.1) is 0 Å². The van der Waals surface area contributed by atoms with Gasteiger partial charge in [0.1, 0.15) is 16.7 Å². The van der Waals surface area contributed by atoms with Crippen molar-refractivity contribution in [2.24, 2.45) is 0 Å². The largest absolute Gasteiger partial charge is 0.354 e. The molecule has 82 valence electrons. The number of hydrogen-bond donors (Lipinski definition) is 0. The molecule has 1 atom stereocenters. The zero-order valence-corrected chi connectivity index (χ0v) is 10.6. The van der Waals surface area contributed by atoms with Gasteiger partial charge in [-0.2, -0.15) is 0 Å². The first kappa shape index (κ1) is 10.9. The van der Waals surface area contributed by atoms with E-state index in [2.05, 4.69) is 37.7 Å². The molecule has 15 heavy (non-hydrogen) atoms. The highest BCUT2D eigenvalue weighted by Gasteiger charge is 2.18. The van der Waals surface area contributed by atoms with Gasteiger partial charge in [0.15, 0.2) is 0 Å². The smallest absolute Gasteiger partial charge is 0.133 e. The lowest BCUT2D eigenvalue weighted by Gasteiger charge is -2.28. The van der Waals surface area contributed by atoms with Gasteiger partial charge in [-0.05, 0) is 35.7 Å². The predicted octanol–water partition coefficient (Wildman–Crippen LogP) is 3.01. The molecule has 1 aromatic rings. The molecule has 0 aliphatic carbocycles. The Hall–Kier alpha value is -0.640. The van der Waals surface area contributed by atoms with Crippen molar-refractivity contribution < 1.29 is 0 Å². The average molecular weight is 270 g/mol. The van der Waals surface area contributed by atoms with E-state index < -0.39 is 0 Å². The van der Waals surface area contributed by atoms with Crippen molar-refractivity contribution in [3.63, 3.8) is 0 Å². The average Bonchev–Trinajstić information content (AvgIpc) is 2.43. The van der Waals surface area contributed by atoms with E-state index in [1.54, 1.807) is 6.33 Å². The van der Waals surface area contributed by atoms with Crippen LogP contribution in [-0.4, -0.2) is 22.6 Å². The quantitative estimate of drug-likeness (QED) is 0.734. The highest BCUT2D eigenvalue weighted by Crippen LogP contribution is 2.23. The zero-order chi connectivity index (χ0) is 10.7. The topological polar surface area (TPSA) is 29.0 Å². The Morgan fingerprint density at radius 3 is 3.00 bits per heavy atom. The van der Waals surface area contributed by atoms with Crippen molar-refractivity contribution >= 4 is 21.7 Å². The Morgan fingerprint density at radius 1 is 1.33 bits per heavy atom. The summed E-state index contributed by atoms with van der Waals surface area (Å²) in [7, 11) is 0. The number of hydrogen-bond acceptors (Lipinski definition) is 3. The summed E-state index contributed by atoms with van der Waals surface area (Å²) in [5.74, 6) is 1.05. The van der Waals surface area contributed by atoms with Gasteiger partial charge in [-0.3, -0.25) is 0 Å². The van der Waals surface area contributed by atoms with Crippen molar-refractivity contribution in [2.45, 2.75) is 38.6 Å². The Labute approximate surface area is 99.0 Å². The van der Waals surface area contributed by atoms with E-state index in [1.807, 2.05) is 6.07 Å². The van der Waals surface area contributed by atoms with Crippen LogP contribution in [-0.2, 0) is 0 Å². The van der Waals surface area contributed by atoms with Gasteiger partial charge in [0.25, 0.3) is 0 Å². The molecule has 1 unspecified atom stereocenters. The molecule has 1 saturated heterocycles. The minimum atomic E-state index is 0.592. The molecule has 1 aromatic heterocycles. The van der Waals surface area contributed by atoms with Gasteiger partial charge in [-0.1, -0.05) is 12.8 Å². The van der Waals surface area contributed by atoms with Crippen molar-refractivity contribution in [1.82, 2.24) is 9.97 Å². The van der Waals surface area contributed by atoms with E-state index in [0.717, 1.165) is 17.0 Å². The Kier molecular flexibility index (Phi) is 3.57. The van der Waals surface area contributed by atoms with E-state index in [0.29, 0.717) is 6.04 Å². The van der Waals surface area contributed by atoms with Gasteiger partial charge < -0.3 is 4.90 Å². The molecule has 4 heteroatoms. The zero-order valence-electron chi connectivity index (χ0n) is 8.99. The summed E-state index contributed by atoms with van der Waals surface area (Å²) >= 11 is 3.39. The number of halogens is 1. The second-order valence-corrected chi connectivity index (χ2v) is 4.90. The molecular weight excluding hydrogens is 254 g/mol. The SMILES string of the molecule is CC1CCCCCN1c1cc(Br)ncn1. The summed E-state index contributed by atoms with van der Waals surface area (Å²) < 4.78 is 0.865. The maximum absolute atomic E-state index is 4.34. The van der Waals surface area contributed by atoms with E-state index in [4.69, 9.17) is 0 Å². The van der Waals surface area contributed by atoms with Crippen molar-refractivity contribution in [3.8, 4) is 0 Å². The molecule has 0 aromatic carbocycles. The molecule has 0 spiro atoms. The van der Waals surface area contributed by atoms with Gasteiger partial charge in [0.05, 0.1) is 0 Å². The number of anilines is 1. The molecule has 2 rings (SSSR count). The van der Waals surface area contributed by atoms with Crippen LogP contribution in [0.2, 0.25) is 0 Å². The lowest BCUT2D eigenvalue weighted by Crippen LogP contribution is -2.33. The molecule has 1 aliphatic heterocycles. The normalized spacial score (nSPS) is 22.5. The molecule has 0 saturated carbocycles. The maximum Gasteiger partial charge on any atom is 0.133 e. The second-order valence-electron chi connectivity index (χ2n) is 4.09. The first-order valence-electron chi connectivity index (χ1n) is 5.51. The molecule has 0 N–H and O–H groups in total. The predicted molar refractivity (Wildman–Crippen MR) is 65.0 cm³/mol. The van der Waals surface area contributed by atoms with Crippen LogP contribution in [0, 0.1) is 0 Å². The number of nitrogens with zero attached hydrogens (tertiary/aromatic N) is 3. The van der Waals surface area contributed by atoms with Crippen molar-refractivity contribution in [1.29, 1.82) is 0 Å². The summed E-state index contributed by atoms with van der Waals surface area (Å²) in [5.41, 5.74) is 0. The highest BCUT2D eigenvalue weighted by molar-refractivity contribution is 9.10. The van der Waals surface area contributed by atoms with Crippen LogP contribution in [0.1, 0.15) is 32.6 Å². The van der Waals surface area contributed by atoms with Crippen LogP contribution >= 0.6 is 15.9 Å². The van der Waals surface area contributed by atoms with Crippen molar-refractivity contribution in [2.75, 3.05) is 11.4 Å². The monoisotopic (exact) mass is 269 g/mol. The minimum absolute atomic E-state index is 0.592. The standard InChI is InChI=1S/C11H16BrN3/c1-9-5-3-2-4-6-15(9)11-7-10(12)13-8-14-11/h7-9H,2-6H2,1H3. The molecule has 0 bridgehead atoms. The molecular formula is C11H16BrN3. The van der Waals surface area contributed by atoms with Crippen LogP contribution in [0.15, 0.2) is 17.0 Å². The third kappa shape index (κ3) is 2.68. The van der Waals surface area contributed by atoms with E-state index >= 15 is 0 Å². The van der Waals surface area contributed by atoms with Gasteiger partial charge >= 0.3 is 0 Å². The summed E-state index contributed by atoms with van der Waals surface area (Å²) in [6.45, 7) is 3.39.